The second-order valence-electron chi connectivity index (χ2n) is 4.83. The first kappa shape index (κ1) is 13.5. The summed E-state index contributed by atoms with van der Waals surface area (Å²) >= 11 is 0. The first-order valence-electron chi connectivity index (χ1n) is 6.57. The highest BCUT2D eigenvalue weighted by Gasteiger charge is 2.23. The van der Waals surface area contributed by atoms with E-state index in [4.69, 9.17) is 5.73 Å². The Morgan fingerprint density at radius 3 is 2.47 bits per heavy atom. The molecular formula is C14H19N3O2. The quantitative estimate of drug-likeness (QED) is 0.746. The van der Waals surface area contributed by atoms with Gasteiger partial charge in [0.15, 0.2) is 0 Å². The Morgan fingerprint density at radius 1 is 1.32 bits per heavy atom. The van der Waals surface area contributed by atoms with Crippen LogP contribution in [-0.4, -0.2) is 23.9 Å². The Balaban J connectivity index is 1.93. The van der Waals surface area contributed by atoms with Crippen LogP contribution in [0.25, 0.3) is 0 Å². The fraction of sp³-hybridized carbons (Fsp3) is 0.429. The van der Waals surface area contributed by atoms with Gasteiger partial charge in [-0.25, -0.2) is 0 Å². The van der Waals surface area contributed by atoms with Crippen LogP contribution in [-0.2, 0) is 4.79 Å². The average molecular weight is 261 g/mol. The van der Waals surface area contributed by atoms with Crippen LogP contribution in [0.5, 0.6) is 0 Å². The smallest absolute Gasteiger partial charge is 0.251 e. The summed E-state index contributed by atoms with van der Waals surface area (Å²) in [6.07, 6.45) is 2.72. The van der Waals surface area contributed by atoms with Crippen LogP contribution in [0.4, 0.5) is 5.69 Å². The van der Waals surface area contributed by atoms with E-state index in [2.05, 4.69) is 10.6 Å². The lowest BCUT2D eigenvalue weighted by Crippen LogP contribution is -2.34. The number of nitrogens with one attached hydrogen (secondary N) is 2. The zero-order valence-corrected chi connectivity index (χ0v) is 11.0. The van der Waals surface area contributed by atoms with Crippen molar-refractivity contribution >= 4 is 17.5 Å². The molecule has 0 spiro atoms. The van der Waals surface area contributed by atoms with E-state index < -0.39 is 6.04 Å². The van der Waals surface area contributed by atoms with Gasteiger partial charge in [0.05, 0.1) is 6.04 Å². The molecule has 0 radical (unpaired) electrons. The standard InChI is InChI=1S/C14H19N3O2/c1-2-12(15)14(19)17-10-5-3-9(4-6-10)13(18)16-11-7-8-11/h3-6,11-12H,2,7-8,15H2,1H3,(H,16,18)(H,17,19). The highest BCUT2D eigenvalue weighted by atomic mass is 16.2. The van der Waals surface area contributed by atoms with Gasteiger partial charge in [-0.05, 0) is 43.5 Å². The van der Waals surface area contributed by atoms with Crippen LogP contribution >= 0.6 is 0 Å². The van der Waals surface area contributed by atoms with Crippen LogP contribution < -0.4 is 16.4 Å². The molecule has 1 saturated carbocycles. The minimum absolute atomic E-state index is 0.0642. The zero-order chi connectivity index (χ0) is 13.8. The summed E-state index contributed by atoms with van der Waals surface area (Å²) in [5, 5.41) is 5.63. The van der Waals surface area contributed by atoms with Crippen molar-refractivity contribution in [3.05, 3.63) is 29.8 Å². The molecule has 1 aliphatic rings. The molecule has 5 nitrogen and oxygen atoms in total. The number of amides is 2. The van der Waals surface area contributed by atoms with E-state index in [0.29, 0.717) is 23.7 Å². The molecule has 1 atom stereocenters. The summed E-state index contributed by atoms with van der Waals surface area (Å²) in [5.41, 5.74) is 6.88. The molecule has 0 aliphatic heterocycles. The highest BCUT2D eigenvalue weighted by Crippen LogP contribution is 2.19. The first-order chi connectivity index (χ1) is 9.10. The number of hydrogen-bond acceptors (Lipinski definition) is 3. The number of nitrogens with two attached hydrogens (primary N) is 1. The van der Waals surface area contributed by atoms with Crippen LogP contribution in [0.1, 0.15) is 36.5 Å². The maximum absolute atomic E-state index is 11.8. The van der Waals surface area contributed by atoms with Crippen molar-refractivity contribution in [1.82, 2.24) is 5.32 Å². The van der Waals surface area contributed by atoms with Gasteiger partial charge in [0.2, 0.25) is 5.91 Å². The Kier molecular flexibility index (Phi) is 4.16. The monoisotopic (exact) mass is 261 g/mol. The number of carbonyl (C=O) groups is 2. The fourth-order valence-electron chi connectivity index (χ4n) is 1.62. The first-order valence-corrected chi connectivity index (χ1v) is 6.57. The van der Waals surface area contributed by atoms with Crippen LogP contribution in [0.15, 0.2) is 24.3 Å². The van der Waals surface area contributed by atoms with Crippen molar-refractivity contribution in [3.8, 4) is 0 Å². The van der Waals surface area contributed by atoms with Crippen molar-refractivity contribution < 1.29 is 9.59 Å². The maximum Gasteiger partial charge on any atom is 0.251 e. The predicted octanol–water partition coefficient (Wildman–Crippen LogP) is 1.25. The van der Waals surface area contributed by atoms with Crippen molar-refractivity contribution in [3.63, 3.8) is 0 Å². The molecule has 1 fully saturated rings. The summed E-state index contributed by atoms with van der Waals surface area (Å²) in [6, 6.07) is 6.66. The molecule has 2 amide bonds. The second-order valence-corrected chi connectivity index (χ2v) is 4.83. The topological polar surface area (TPSA) is 84.2 Å². The van der Waals surface area contributed by atoms with Crippen molar-refractivity contribution in [2.75, 3.05) is 5.32 Å². The van der Waals surface area contributed by atoms with Gasteiger partial charge in [0.25, 0.3) is 5.91 Å². The molecule has 4 N–H and O–H groups in total. The molecule has 1 aromatic carbocycles. The third-order valence-corrected chi connectivity index (χ3v) is 3.10. The average Bonchev–Trinajstić information content (AvgIpc) is 3.22. The predicted molar refractivity (Wildman–Crippen MR) is 73.8 cm³/mol. The summed E-state index contributed by atoms with van der Waals surface area (Å²) in [4.78, 5) is 23.4. The second kappa shape index (κ2) is 5.84. The van der Waals surface area contributed by atoms with E-state index in [9.17, 15) is 9.59 Å². The molecule has 19 heavy (non-hydrogen) atoms. The van der Waals surface area contributed by atoms with Crippen molar-refractivity contribution in [2.24, 2.45) is 5.73 Å². The van der Waals surface area contributed by atoms with Gasteiger partial charge in [-0.2, -0.15) is 0 Å². The molecule has 0 aromatic heterocycles. The van der Waals surface area contributed by atoms with E-state index >= 15 is 0 Å². The summed E-state index contributed by atoms with van der Waals surface area (Å²) in [7, 11) is 0. The van der Waals surface area contributed by atoms with E-state index in [-0.39, 0.29) is 11.8 Å². The number of anilines is 1. The molecule has 0 saturated heterocycles. The van der Waals surface area contributed by atoms with E-state index in [0.717, 1.165) is 12.8 Å². The summed E-state index contributed by atoms with van der Waals surface area (Å²) in [6.45, 7) is 1.86. The molecule has 1 unspecified atom stereocenters. The van der Waals surface area contributed by atoms with Crippen LogP contribution in [0.3, 0.4) is 0 Å². The normalized spacial score (nSPS) is 15.7. The number of rotatable bonds is 5. The lowest BCUT2D eigenvalue weighted by atomic mass is 10.1. The maximum atomic E-state index is 11.8. The summed E-state index contributed by atoms with van der Waals surface area (Å²) < 4.78 is 0. The van der Waals surface area contributed by atoms with Gasteiger partial charge in [-0.1, -0.05) is 6.92 Å². The number of carbonyl (C=O) groups excluding carboxylic acids is 2. The van der Waals surface area contributed by atoms with E-state index in [1.807, 2.05) is 6.92 Å². The molecule has 5 heteroatoms. The Labute approximate surface area is 112 Å². The minimum atomic E-state index is -0.502. The van der Waals surface area contributed by atoms with Crippen molar-refractivity contribution in [2.45, 2.75) is 38.3 Å². The van der Waals surface area contributed by atoms with Gasteiger partial charge in [0.1, 0.15) is 0 Å². The third kappa shape index (κ3) is 3.79. The van der Waals surface area contributed by atoms with E-state index in [1.54, 1.807) is 24.3 Å². The number of hydrogen-bond donors (Lipinski definition) is 3. The summed E-state index contributed by atoms with van der Waals surface area (Å²) in [5.74, 6) is -0.275. The van der Waals surface area contributed by atoms with Gasteiger partial charge in [-0.15, -0.1) is 0 Å². The van der Waals surface area contributed by atoms with Gasteiger partial charge < -0.3 is 16.4 Å². The molecule has 0 heterocycles. The van der Waals surface area contributed by atoms with Gasteiger partial charge in [-0.3, -0.25) is 9.59 Å². The third-order valence-electron chi connectivity index (χ3n) is 3.10. The van der Waals surface area contributed by atoms with Crippen LogP contribution in [0, 0.1) is 0 Å². The molecule has 1 aromatic rings. The molecule has 1 aliphatic carbocycles. The largest absolute Gasteiger partial charge is 0.349 e. The molecule has 0 bridgehead atoms. The van der Waals surface area contributed by atoms with Gasteiger partial charge in [0, 0.05) is 17.3 Å². The lowest BCUT2D eigenvalue weighted by Gasteiger charge is -2.10. The lowest BCUT2D eigenvalue weighted by molar-refractivity contribution is -0.117. The van der Waals surface area contributed by atoms with Gasteiger partial charge >= 0.3 is 0 Å². The Bertz CT molecular complexity index is 466. The fourth-order valence-corrected chi connectivity index (χ4v) is 1.62. The number of benzene rings is 1. The highest BCUT2D eigenvalue weighted by molar-refractivity contribution is 5.97. The molecular weight excluding hydrogens is 242 g/mol. The molecule has 102 valence electrons. The van der Waals surface area contributed by atoms with Crippen LogP contribution in [0.2, 0.25) is 0 Å². The molecule has 2 rings (SSSR count). The van der Waals surface area contributed by atoms with E-state index in [1.165, 1.54) is 0 Å². The van der Waals surface area contributed by atoms with Crippen molar-refractivity contribution in [1.29, 1.82) is 0 Å². The Hall–Kier alpha value is -1.88. The minimum Gasteiger partial charge on any atom is -0.349 e. The zero-order valence-electron chi connectivity index (χ0n) is 11.0. The SMILES string of the molecule is CCC(N)C(=O)Nc1ccc(C(=O)NC2CC2)cc1. The Morgan fingerprint density at radius 2 is 1.95 bits per heavy atom.